The molecule has 0 aliphatic carbocycles. The Morgan fingerprint density at radius 2 is 2.15 bits per heavy atom. The lowest BCUT2D eigenvalue weighted by Crippen LogP contribution is -2.28. The average molecular weight is 384 g/mol. The molecule has 2 aromatic rings. The Morgan fingerprint density at radius 3 is 2.85 bits per heavy atom. The van der Waals surface area contributed by atoms with E-state index in [2.05, 4.69) is 4.99 Å². The van der Waals surface area contributed by atoms with Crippen LogP contribution in [0.25, 0.3) is 6.08 Å². The highest BCUT2D eigenvalue weighted by Gasteiger charge is 2.32. The molecule has 0 saturated carbocycles. The minimum absolute atomic E-state index is 0.115. The highest BCUT2D eigenvalue weighted by Crippen LogP contribution is 2.34. The number of esters is 1. The summed E-state index contributed by atoms with van der Waals surface area (Å²) in [6, 6.07) is 10.5. The number of thioether (sulfide) groups is 1. The summed E-state index contributed by atoms with van der Waals surface area (Å²) in [4.78, 5) is 31.3. The van der Waals surface area contributed by atoms with Gasteiger partial charge < -0.3 is 9.15 Å². The Kier molecular flexibility index (Phi) is 6.13. The second-order valence-electron chi connectivity index (χ2n) is 5.76. The zero-order chi connectivity index (χ0) is 19.2. The van der Waals surface area contributed by atoms with E-state index in [1.54, 1.807) is 53.6 Å². The molecule has 0 unspecified atom stereocenters. The van der Waals surface area contributed by atoms with Gasteiger partial charge in [-0.25, -0.2) is 9.79 Å². The molecule has 0 spiro atoms. The predicted molar refractivity (Wildman–Crippen MR) is 106 cm³/mol. The number of likely N-dealkylation sites (N-methyl/N-ethyl adjacent to an activating group) is 1. The number of carbonyl (C=O) groups is 2. The van der Waals surface area contributed by atoms with Crippen LogP contribution in [0.4, 0.5) is 5.69 Å². The minimum atomic E-state index is -0.375. The molecule has 1 saturated heterocycles. The maximum Gasteiger partial charge on any atom is 0.338 e. The molecule has 1 aromatic heterocycles. The lowest BCUT2D eigenvalue weighted by molar-refractivity contribution is -0.122. The third-order valence-corrected chi connectivity index (χ3v) is 4.77. The lowest BCUT2D eigenvalue weighted by Gasteiger charge is -2.12. The first-order valence-electron chi connectivity index (χ1n) is 8.73. The summed E-state index contributed by atoms with van der Waals surface area (Å²) in [5, 5.41) is 0.569. The van der Waals surface area contributed by atoms with Gasteiger partial charge in [0.1, 0.15) is 5.76 Å². The van der Waals surface area contributed by atoms with Gasteiger partial charge in [-0.05, 0) is 55.4 Å². The van der Waals surface area contributed by atoms with E-state index in [0.717, 1.165) is 6.42 Å². The molecule has 1 amide bonds. The summed E-state index contributed by atoms with van der Waals surface area (Å²) in [5.41, 5.74) is 1.03. The topological polar surface area (TPSA) is 72.1 Å². The van der Waals surface area contributed by atoms with Gasteiger partial charge in [-0.15, -0.1) is 0 Å². The van der Waals surface area contributed by atoms with Gasteiger partial charge in [-0.3, -0.25) is 9.69 Å². The highest BCUT2D eigenvalue weighted by atomic mass is 32.2. The van der Waals surface area contributed by atoms with Crippen LogP contribution in [0, 0.1) is 0 Å². The fraction of sp³-hybridized carbons (Fsp3) is 0.250. The van der Waals surface area contributed by atoms with Gasteiger partial charge in [0.15, 0.2) is 5.17 Å². The molecule has 0 bridgehead atoms. The van der Waals surface area contributed by atoms with Gasteiger partial charge in [-0.1, -0.05) is 13.0 Å². The maximum atomic E-state index is 12.6. The van der Waals surface area contributed by atoms with E-state index in [4.69, 9.17) is 9.15 Å². The van der Waals surface area contributed by atoms with Crippen LogP contribution >= 0.6 is 11.8 Å². The van der Waals surface area contributed by atoms with E-state index in [-0.39, 0.29) is 11.9 Å². The Balaban J connectivity index is 1.85. The molecule has 1 aromatic carbocycles. The summed E-state index contributed by atoms with van der Waals surface area (Å²) >= 11 is 1.28. The van der Waals surface area contributed by atoms with Crippen LogP contribution in [0.3, 0.4) is 0 Å². The van der Waals surface area contributed by atoms with Gasteiger partial charge in [0.25, 0.3) is 5.91 Å². The fourth-order valence-corrected chi connectivity index (χ4v) is 3.51. The highest BCUT2D eigenvalue weighted by molar-refractivity contribution is 8.18. The zero-order valence-electron chi connectivity index (χ0n) is 15.2. The van der Waals surface area contributed by atoms with Crippen LogP contribution in [0.5, 0.6) is 0 Å². The molecule has 0 radical (unpaired) electrons. The van der Waals surface area contributed by atoms with Crippen molar-refractivity contribution in [2.75, 3.05) is 13.2 Å². The third kappa shape index (κ3) is 4.49. The monoisotopic (exact) mass is 384 g/mol. The quantitative estimate of drug-likeness (QED) is 0.543. The lowest BCUT2D eigenvalue weighted by atomic mass is 10.2. The van der Waals surface area contributed by atoms with Crippen LogP contribution in [0.15, 0.2) is 57.0 Å². The Morgan fingerprint density at radius 1 is 1.30 bits per heavy atom. The number of amides is 1. The SMILES string of the molecule is CCCOC(=O)c1cccc(N=C2S/C(=C/c3ccco3)C(=O)N2CC)c1. The van der Waals surface area contributed by atoms with E-state index < -0.39 is 0 Å². The van der Waals surface area contributed by atoms with Gasteiger partial charge >= 0.3 is 5.97 Å². The molecular formula is C20H20N2O4S. The van der Waals surface area contributed by atoms with Crippen molar-refractivity contribution in [2.24, 2.45) is 4.99 Å². The number of hydrogen-bond acceptors (Lipinski definition) is 6. The number of aliphatic imine (C=N–C) groups is 1. The van der Waals surface area contributed by atoms with Gasteiger partial charge in [0, 0.05) is 12.6 Å². The minimum Gasteiger partial charge on any atom is -0.465 e. The smallest absolute Gasteiger partial charge is 0.338 e. The van der Waals surface area contributed by atoms with E-state index in [1.807, 2.05) is 13.8 Å². The first-order valence-corrected chi connectivity index (χ1v) is 9.54. The normalized spacial score (nSPS) is 17.1. The number of rotatable bonds is 6. The average Bonchev–Trinajstić information content (AvgIpc) is 3.28. The number of benzene rings is 1. The summed E-state index contributed by atoms with van der Waals surface area (Å²) in [6.07, 6.45) is 4.03. The van der Waals surface area contributed by atoms with Crippen molar-refractivity contribution < 1.29 is 18.7 Å². The van der Waals surface area contributed by atoms with Crippen LogP contribution in [-0.2, 0) is 9.53 Å². The summed E-state index contributed by atoms with van der Waals surface area (Å²) in [6.45, 7) is 4.71. The molecule has 0 atom stereocenters. The summed E-state index contributed by atoms with van der Waals surface area (Å²) < 4.78 is 10.4. The molecule has 0 N–H and O–H groups in total. The Labute approximate surface area is 161 Å². The second-order valence-corrected chi connectivity index (χ2v) is 6.77. The van der Waals surface area contributed by atoms with Crippen molar-refractivity contribution in [3.63, 3.8) is 0 Å². The molecule has 2 heterocycles. The Bertz CT molecular complexity index is 887. The molecular weight excluding hydrogens is 364 g/mol. The molecule has 1 aliphatic rings. The van der Waals surface area contributed by atoms with Crippen molar-refractivity contribution in [1.29, 1.82) is 0 Å². The first-order chi connectivity index (χ1) is 13.1. The molecule has 7 heteroatoms. The fourth-order valence-electron chi connectivity index (χ4n) is 2.46. The van der Waals surface area contributed by atoms with Crippen molar-refractivity contribution in [2.45, 2.75) is 20.3 Å². The largest absolute Gasteiger partial charge is 0.465 e. The number of amidine groups is 1. The number of furan rings is 1. The van der Waals surface area contributed by atoms with Crippen LogP contribution < -0.4 is 0 Å². The van der Waals surface area contributed by atoms with E-state index >= 15 is 0 Å². The third-order valence-electron chi connectivity index (χ3n) is 3.76. The van der Waals surface area contributed by atoms with Crippen molar-refractivity contribution in [1.82, 2.24) is 4.90 Å². The number of carbonyl (C=O) groups excluding carboxylic acids is 2. The molecule has 1 aliphatic heterocycles. The molecule has 27 heavy (non-hydrogen) atoms. The van der Waals surface area contributed by atoms with Gasteiger partial charge in [0.2, 0.25) is 0 Å². The second kappa shape index (κ2) is 8.73. The van der Waals surface area contributed by atoms with Gasteiger partial charge in [-0.2, -0.15) is 0 Å². The van der Waals surface area contributed by atoms with Crippen LogP contribution in [0.2, 0.25) is 0 Å². The molecule has 140 valence electrons. The molecule has 3 rings (SSSR count). The zero-order valence-corrected chi connectivity index (χ0v) is 16.0. The van der Waals surface area contributed by atoms with Crippen LogP contribution in [0.1, 0.15) is 36.4 Å². The number of nitrogens with zero attached hydrogens (tertiary/aromatic N) is 2. The van der Waals surface area contributed by atoms with E-state index in [1.165, 1.54) is 11.8 Å². The predicted octanol–water partition coefficient (Wildman–Crippen LogP) is 4.47. The molecule has 1 fully saturated rings. The standard InChI is InChI=1S/C20H20N2O4S/c1-3-10-26-19(24)14-7-5-8-15(12-14)21-20-22(4-2)18(23)17(27-20)13-16-9-6-11-25-16/h5-9,11-13H,3-4,10H2,1-2H3/b17-13+,21-20?. The van der Waals surface area contributed by atoms with Crippen molar-refractivity contribution >= 4 is 40.6 Å². The number of ether oxygens (including phenoxy) is 1. The van der Waals surface area contributed by atoms with Crippen LogP contribution in [-0.4, -0.2) is 35.1 Å². The first kappa shape index (κ1) is 19.0. The number of hydrogen-bond donors (Lipinski definition) is 0. The van der Waals surface area contributed by atoms with E-state index in [9.17, 15) is 9.59 Å². The molecule has 6 nitrogen and oxygen atoms in total. The maximum absolute atomic E-state index is 12.6. The van der Waals surface area contributed by atoms with Crippen molar-refractivity contribution in [3.8, 4) is 0 Å². The van der Waals surface area contributed by atoms with Crippen molar-refractivity contribution in [3.05, 3.63) is 58.9 Å². The van der Waals surface area contributed by atoms with E-state index in [0.29, 0.717) is 40.2 Å². The summed E-state index contributed by atoms with van der Waals surface area (Å²) in [5.74, 6) is 0.125. The Hall–Kier alpha value is -2.80. The van der Waals surface area contributed by atoms with Gasteiger partial charge in [0.05, 0.1) is 29.0 Å². The summed E-state index contributed by atoms with van der Waals surface area (Å²) in [7, 11) is 0.